The molecule has 4 heterocycles. The van der Waals surface area contributed by atoms with E-state index in [2.05, 4.69) is 47.8 Å². The second-order valence-corrected chi connectivity index (χ2v) is 10.2. The van der Waals surface area contributed by atoms with Crippen molar-refractivity contribution in [1.29, 1.82) is 0 Å². The minimum Gasteiger partial charge on any atom is -0.497 e. The van der Waals surface area contributed by atoms with E-state index in [9.17, 15) is 4.79 Å². The normalized spacial score (nSPS) is 21.7. The molecule has 1 unspecified atom stereocenters. The van der Waals surface area contributed by atoms with E-state index >= 15 is 0 Å². The van der Waals surface area contributed by atoms with Crippen LogP contribution in [0.1, 0.15) is 23.5 Å². The van der Waals surface area contributed by atoms with Crippen LogP contribution in [0.2, 0.25) is 5.28 Å². The third-order valence-corrected chi connectivity index (χ3v) is 8.05. The van der Waals surface area contributed by atoms with Gasteiger partial charge < -0.3 is 29.7 Å². The zero-order valence-electron chi connectivity index (χ0n) is 21.4. The SMILES string of the molecule is COc1ccc2c(c1)[C@]1(CC1c1ccc3c(Nc4nc(Cl)nc(N5CCOCC5)c4OC)n[nH]c3c1)C(=O)N2. The van der Waals surface area contributed by atoms with Gasteiger partial charge in [-0.25, -0.2) is 0 Å². The summed E-state index contributed by atoms with van der Waals surface area (Å²) in [5.41, 5.74) is 3.19. The Morgan fingerprint density at radius 1 is 1.10 bits per heavy atom. The first-order valence-corrected chi connectivity index (χ1v) is 13.1. The lowest BCUT2D eigenvalue weighted by molar-refractivity contribution is -0.118. The van der Waals surface area contributed by atoms with Gasteiger partial charge >= 0.3 is 0 Å². The molecule has 4 aromatic rings. The number of anilines is 4. The quantitative estimate of drug-likeness (QED) is 0.307. The Morgan fingerprint density at radius 3 is 2.74 bits per heavy atom. The maximum absolute atomic E-state index is 13.1. The Balaban J connectivity index is 1.19. The minimum absolute atomic E-state index is 0.0339. The first-order chi connectivity index (χ1) is 19.0. The number of morpholine rings is 1. The average molecular weight is 548 g/mol. The lowest BCUT2D eigenvalue weighted by Crippen LogP contribution is -2.37. The Morgan fingerprint density at radius 2 is 1.95 bits per heavy atom. The van der Waals surface area contributed by atoms with Crippen molar-refractivity contribution in [3.8, 4) is 11.5 Å². The van der Waals surface area contributed by atoms with E-state index in [4.69, 9.17) is 25.8 Å². The van der Waals surface area contributed by atoms with Crippen molar-refractivity contribution < 1.29 is 19.0 Å². The summed E-state index contributed by atoms with van der Waals surface area (Å²) in [4.78, 5) is 23.9. The molecule has 39 heavy (non-hydrogen) atoms. The fourth-order valence-corrected chi connectivity index (χ4v) is 6.00. The van der Waals surface area contributed by atoms with E-state index < -0.39 is 5.41 Å². The number of halogens is 1. The van der Waals surface area contributed by atoms with Crippen LogP contribution in [0.25, 0.3) is 10.9 Å². The van der Waals surface area contributed by atoms with E-state index in [1.165, 1.54) is 0 Å². The summed E-state index contributed by atoms with van der Waals surface area (Å²) in [6.07, 6.45) is 0.741. The van der Waals surface area contributed by atoms with Gasteiger partial charge in [-0.05, 0) is 59.5 Å². The van der Waals surface area contributed by atoms with Crippen molar-refractivity contribution in [2.24, 2.45) is 0 Å². The highest BCUT2D eigenvalue weighted by Gasteiger charge is 2.65. The number of fused-ring (bicyclic) bond motifs is 3. The molecule has 2 aromatic carbocycles. The fraction of sp³-hybridized carbons (Fsp3) is 0.333. The van der Waals surface area contributed by atoms with Crippen molar-refractivity contribution in [3.05, 3.63) is 52.8 Å². The van der Waals surface area contributed by atoms with Crippen LogP contribution in [0.4, 0.5) is 23.1 Å². The maximum Gasteiger partial charge on any atom is 0.235 e. The minimum atomic E-state index is -0.570. The van der Waals surface area contributed by atoms with Crippen LogP contribution in [-0.4, -0.2) is 66.6 Å². The highest BCUT2D eigenvalue weighted by molar-refractivity contribution is 6.28. The van der Waals surface area contributed by atoms with Gasteiger partial charge in [-0.3, -0.25) is 9.89 Å². The molecule has 2 atom stereocenters. The van der Waals surface area contributed by atoms with Gasteiger partial charge in [0.05, 0.1) is 38.4 Å². The molecule has 3 N–H and O–H groups in total. The third-order valence-electron chi connectivity index (χ3n) is 7.88. The van der Waals surface area contributed by atoms with Crippen LogP contribution in [0.15, 0.2) is 36.4 Å². The van der Waals surface area contributed by atoms with Crippen molar-refractivity contribution >= 4 is 51.6 Å². The molecule has 1 amide bonds. The number of H-pyrrole nitrogens is 1. The summed E-state index contributed by atoms with van der Waals surface area (Å²) < 4.78 is 16.6. The number of hydrogen-bond donors (Lipinski definition) is 3. The van der Waals surface area contributed by atoms with Crippen molar-refractivity contribution in [3.63, 3.8) is 0 Å². The monoisotopic (exact) mass is 547 g/mol. The Hall–Kier alpha value is -4.09. The molecule has 0 radical (unpaired) electrons. The molecule has 7 rings (SSSR count). The predicted molar refractivity (Wildman–Crippen MR) is 147 cm³/mol. The number of carbonyl (C=O) groups is 1. The molecule has 12 heteroatoms. The highest BCUT2D eigenvalue weighted by atomic mass is 35.5. The molecule has 0 bridgehead atoms. The van der Waals surface area contributed by atoms with Crippen LogP contribution >= 0.6 is 11.6 Å². The molecule has 1 aliphatic carbocycles. The Labute approximate surface area is 228 Å². The number of methoxy groups -OCH3 is 2. The first kappa shape index (κ1) is 24.0. The van der Waals surface area contributed by atoms with Crippen molar-refractivity contribution in [1.82, 2.24) is 20.2 Å². The molecule has 1 saturated heterocycles. The lowest BCUT2D eigenvalue weighted by Gasteiger charge is -2.29. The van der Waals surface area contributed by atoms with Gasteiger partial charge in [0, 0.05) is 30.1 Å². The van der Waals surface area contributed by atoms with E-state index in [0.29, 0.717) is 49.5 Å². The lowest BCUT2D eigenvalue weighted by atomic mass is 9.91. The van der Waals surface area contributed by atoms with Gasteiger partial charge in [-0.15, -0.1) is 0 Å². The zero-order chi connectivity index (χ0) is 26.7. The molecule has 1 spiro atoms. The number of aromatic nitrogens is 4. The standard InChI is InChI=1S/C27H26ClN7O4/c1-37-15-4-6-19-17(12-15)27(25(36)29-19)13-18(27)14-3-5-16-20(11-14)33-34-22(16)30-23-21(38-2)24(32-26(28)31-23)35-7-9-39-10-8-35/h3-6,11-12,18H,7-10,13H2,1-2H3,(H,29,36)(H2,30,31,32,33,34)/t18?,27-/m0/s1. The van der Waals surface area contributed by atoms with E-state index in [1.54, 1.807) is 14.2 Å². The highest BCUT2D eigenvalue weighted by Crippen LogP contribution is 2.65. The summed E-state index contributed by atoms with van der Waals surface area (Å²) in [6, 6.07) is 11.9. The number of hydrogen-bond acceptors (Lipinski definition) is 9. The van der Waals surface area contributed by atoms with Crippen LogP contribution < -0.4 is 25.0 Å². The van der Waals surface area contributed by atoms with Gasteiger partial charge in [0.2, 0.25) is 16.9 Å². The molecular weight excluding hydrogens is 522 g/mol. The van der Waals surface area contributed by atoms with Gasteiger partial charge in [-0.1, -0.05) is 6.07 Å². The first-order valence-electron chi connectivity index (χ1n) is 12.7. The summed E-state index contributed by atoms with van der Waals surface area (Å²) >= 11 is 6.30. The number of nitrogens with one attached hydrogen (secondary N) is 3. The van der Waals surface area contributed by atoms with E-state index in [1.807, 2.05) is 24.3 Å². The molecule has 200 valence electrons. The molecule has 2 aliphatic heterocycles. The Bertz CT molecular complexity index is 1620. The van der Waals surface area contributed by atoms with Crippen LogP contribution in [-0.2, 0) is 14.9 Å². The van der Waals surface area contributed by atoms with Gasteiger partial charge in [0.25, 0.3) is 0 Å². The number of nitrogens with zero attached hydrogens (tertiary/aromatic N) is 4. The van der Waals surface area contributed by atoms with Gasteiger partial charge in [0.1, 0.15) is 5.75 Å². The third kappa shape index (κ3) is 3.75. The largest absolute Gasteiger partial charge is 0.497 e. The molecule has 2 aromatic heterocycles. The summed E-state index contributed by atoms with van der Waals surface area (Å²) in [6.45, 7) is 2.55. The van der Waals surface area contributed by atoms with Crippen molar-refractivity contribution in [2.75, 3.05) is 56.1 Å². The van der Waals surface area contributed by atoms with Gasteiger partial charge in [0.15, 0.2) is 17.5 Å². The fourth-order valence-electron chi connectivity index (χ4n) is 5.83. The second-order valence-electron chi connectivity index (χ2n) is 9.89. The predicted octanol–water partition coefficient (Wildman–Crippen LogP) is 3.98. The molecule has 3 aliphatic rings. The van der Waals surface area contributed by atoms with Crippen molar-refractivity contribution in [2.45, 2.75) is 17.8 Å². The number of aromatic amines is 1. The molecule has 2 fully saturated rings. The van der Waals surface area contributed by atoms with E-state index in [0.717, 1.165) is 39.9 Å². The maximum atomic E-state index is 13.1. The molecular formula is C27H26ClN7O4. The molecule has 1 saturated carbocycles. The number of rotatable bonds is 6. The Kier molecular flexibility index (Phi) is 5.53. The summed E-state index contributed by atoms with van der Waals surface area (Å²) in [7, 11) is 3.21. The van der Waals surface area contributed by atoms with E-state index in [-0.39, 0.29) is 17.1 Å². The van der Waals surface area contributed by atoms with Crippen LogP contribution in [0.5, 0.6) is 11.5 Å². The average Bonchev–Trinajstić information content (AvgIpc) is 3.51. The number of amides is 1. The molecule has 11 nitrogen and oxygen atoms in total. The zero-order valence-corrected chi connectivity index (χ0v) is 22.1. The van der Waals surface area contributed by atoms with Crippen LogP contribution in [0.3, 0.4) is 0 Å². The number of carbonyl (C=O) groups excluding carboxylic acids is 1. The topological polar surface area (TPSA) is 127 Å². The number of benzene rings is 2. The summed E-state index contributed by atoms with van der Waals surface area (Å²) in [5.74, 6) is 2.93. The second kappa shape index (κ2) is 8.99. The van der Waals surface area contributed by atoms with Crippen LogP contribution in [0, 0.1) is 0 Å². The number of ether oxygens (including phenoxy) is 3. The summed E-state index contributed by atoms with van der Waals surface area (Å²) in [5, 5.41) is 14.9. The smallest absolute Gasteiger partial charge is 0.235 e. The van der Waals surface area contributed by atoms with Gasteiger partial charge in [-0.2, -0.15) is 15.1 Å².